The Morgan fingerprint density at radius 3 is 2.52 bits per heavy atom. The van der Waals surface area contributed by atoms with E-state index in [0.29, 0.717) is 37.6 Å². The number of H-pyrrole nitrogens is 1. The molecule has 1 aliphatic rings. The minimum absolute atomic E-state index is 0.0574. The number of carbonyl (C=O) groups excluding carboxylic acids is 2. The molecule has 10 heteroatoms. The van der Waals surface area contributed by atoms with E-state index in [-0.39, 0.29) is 29.1 Å². The summed E-state index contributed by atoms with van der Waals surface area (Å²) in [5.41, 5.74) is 1.66. The van der Waals surface area contributed by atoms with E-state index in [1.54, 1.807) is 4.90 Å². The first kappa shape index (κ1) is 20.8. The van der Waals surface area contributed by atoms with Gasteiger partial charge in [0.15, 0.2) is 0 Å². The van der Waals surface area contributed by atoms with Crippen LogP contribution in [0, 0.1) is 10.1 Å². The number of nitrogens with one attached hydrogen (secondary N) is 2. The third-order valence-electron chi connectivity index (χ3n) is 5.22. The van der Waals surface area contributed by atoms with E-state index >= 15 is 0 Å². The van der Waals surface area contributed by atoms with Crippen molar-refractivity contribution >= 4 is 45.7 Å². The predicted molar refractivity (Wildman–Crippen MR) is 117 cm³/mol. The van der Waals surface area contributed by atoms with Crippen molar-refractivity contribution < 1.29 is 14.5 Å². The number of amides is 2. The van der Waals surface area contributed by atoms with Crippen LogP contribution < -0.4 is 5.32 Å². The molecule has 31 heavy (non-hydrogen) atoms. The SMILES string of the molecule is O=C(CN1CCN(C(=O)c2cc3ccccc3[nH]2)CC1)Nc1ccc([N+](=O)[O-])cc1Cl. The number of carbonyl (C=O) groups is 2. The number of rotatable bonds is 5. The molecule has 2 aromatic carbocycles. The Morgan fingerprint density at radius 1 is 1.10 bits per heavy atom. The minimum atomic E-state index is -0.548. The van der Waals surface area contributed by atoms with Crippen LogP contribution in [0.1, 0.15) is 10.5 Å². The lowest BCUT2D eigenvalue weighted by Gasteiger charge is -2.34. The lowest BCUT2D eigenvalue weighted by Crippen LogP contribution is -2.50. The van der Waals surface area contributed by atoms with Crippen molar-refractivity contribution in [3.63, 3.8) is 0 Å². The van der Waals surface area contributed by atoms with Crippen LogP contribution in [-0.2, 0) is 4.79 Å². The lowest BCUT2D eigenvalue weighted by molar-refractivity contribution is -0.384. The molecule has 1 saturated heterocycles. The van der Waals surface area contributed by atoms with Crippen LogP contribution in [0.3, 0.4) is 0 Å². The van der Waals surface area contributed by atoms with Gasteiger partial charge in [0, 0.05) is 49.2 Å². The van der Waals surface area contributed by atoms with Crippen molar-refractivity contribution in [2.75, 3.05) is 38.0 Å². The molecule has 1 fully saturated rings. The highest BCUT2D eigenvalue weighted by Gasteiger charge is 2.24. The first-order valence-electron chi connectivity index (χ1n) is 9.74. The van der Waals surface area contributed by atoms with Crippen LogP contribution in [0.5, 0.6) is 0 Å². The first-order valence-corrected chi connectivity index (χ1v) is 10.1. The Kier molecular flexibility index (Phi) is 5.88. The van der Waals surface area contributed by atoms with E-state index in [9.17, 15) is 19.7 Å². The van der Waals surface area contributed by atoms with Gasteiger partial charge in [0.25, 0.3) is 11.6 Å². The molecule has 4 rings (SSSR count). The van der Waals surface area contributed by atoms with Gasteiger partial charge in [0.1, 0.15) is 5.69 Å². The molecule has 0 atom stereocenters. The van der Waals surface area contributed by atoms with Crippen LogP contribution in [0.2, 0.25) is 5.02 Å². The van der Waals surface area contributed by atoms with Crippen molar-refractivity contribution in [1.29, 1.82) is 0 Å². The topological polar surface area (TPSA) is 112 Å². The van der Waals surface area contributed by atoms with E-state index in [2.05, 4.69) is 10.3 Å². The molecule has 0 saturated carbocycles. The molecular formula is C21H20ClN5O4. The highest BCUT2D eigenvalue weighted by atomic mass is 35.5. The number of nitrogens with zero attached hydrogens (tertiary/aromatic N) is 3. The van der Waals surface area contributed by atoms with Crippen molar-refractivity contribution in [3.8, 4) is 0 Å². The molecule has 2 N–H and O–H groups in total. The average molecular weight is 442 g/mol. The second-order valence-electron chi connectivity index (χ2n) is 7.31. The molecule has 1 aromatic heterocycles. The van der Waals surface area contributed by atoms with Gasteiger partial charge < -0.3 is 15.2 Å². The standard InChI is InChI=1S/C21H20ClN5O4/c22-16-12-15(27(30)31)5-6-18(16)24-20(28)13-25-7-9-26(10-8-25)21(29)19-11-14-3-1-2-4-17(14)23-19/h1-6,11-12,23H,7-10,13H2,(H,24,28). The Bertz CT molecular complexity index is 1120. The number of nitro benzene ring substituents is 1. The van der Waals surface area contributed by atoms with Crippen LogP contribution >= 0.6 is 11.6 Å². The fraction of sp³-hybridized carbons (Fsp3) is 0.238. The quantitative estimate of drug-likeness (QED) is 0.466. The predicted octanol–water partition coefficient (Wildman–Crippen LogP) is 3.13. The van der Waals surface area contributed by atoms with Gasteiger partial charge in [-0.3, -0.25) is 24.6 Å². The molecule has 0 radical (unpaired) electrons. The molecule has 2 amide bonds. The molecule has 3 aromatic rings. The third kappa shape index (κ3) is 4.68. The number of non-ortho nitro benzene ring substituents is 1. The number of anilines is 1. The zero-order chi connectivity index (χ0) is 22.0. The smallest absolute Gasteiger partial charge is 0.271 e. The third-order valence-corrected chi connectivity index (χ3v) is 5.54. The summed E-state index contributed by atoms with van der Waals surface area (Å²) in [5, 5.41) is 14.6. The Morgan fingerprint density at radius 2 is 1.84 bits per heavy atom. The number of para-hydroxylation sites is 1. The summed E-state index contributed by atoms with van der Waals surface area (Å²) in [6.45, 7) is 2.29. The number of nitro groups is 1. The van der Waals surface area contributed by atoms with Crippen LogP contribution in [0.15, 0.2) is 48.5 Å². The maximum atomic E-state index is 12.8. The van der Waals surface area contributed by atoms with E-state index in [1.807, 2.05) is 35.2 Å². The number of halogens is 1. The van der Waals surface area contributed by atoms with Gasteiger partial charge >= 0.3 is 0 Å². The molecule has 0 bridgehead atoms. The average Bonchev–Trinajstić information content (AvgIpc) is 3.19. The zero-order valence-corrected chi connectivity index (χ0v) is 17.3. The van der Waals surface area contributed by atoms with Crippen molar-refractivity contribution in [2.45, 2.75) is 0 Å². The van der Waals surface area contributed by atoms with E-state index in [1.165, 1.54) is 18.2 Å². The largest absolute Gasteiger partial charge is 0.351 e. The highest BCUT2D eigenvalue weighted by Crippen LogP contribution is 2.26. The van der Waals surface area contributed by atoms with Crippen molar-refractivity contribution in [3.05, 3.63) is 69.4 Å². The molecule has 0 spiro atoms. The fourth-order valence-corrected chi connectivity index (χ4v) is 3.80. The van der Waals surface area contributed by atoms with E-state index in [4.69, 9.17) is 11.6 Å². The van der Waals surface area contributed by atoms with Gasteiger partial charge in [-0.15, -0.1) is 0 Å². The van der Waals surface area contributed by atoms with Crippen LogP contribution in [0.4, 0.5) is 11.4 Å². The fourth-order valence-electron chi connectivity index (χ4n) is 3.58. The molecule has 160 valence electrons. The summed E-state index contributed by atoms with van der Waals surface area (Å²) in [4.78, 5) is 42.3. The minimum Gasteiger partial charge on any atom is -0.351 e. The zero-order valence-electron chi connectivity index (χ0n) is 16.5. The monoisotopic (exact) mass is 441 g/mol. The Labute approximate surface area is 182 Å². The first-order chi connectivity index (χ1) is 14.9. The number of aromatic nitrogens is 1. The second-order valence-corrected chi connectivity index (χ2v) is 7.72. The number of piperazine rings is 1. The van der Waals surface area contributed by atoms with Gasteiger partial charge in [-0.05, 0) is 18.2 Å². The Balaban J connectivity index is 1.30. The normalized spacial score (nSPS) is 14.5. The molecule has 0 unspecified atom stereocenters. The number of hydrogen-bond donors (Lipinski definition) is 2. The summed E-state index contributed by atoms with van der Waals surface area (Å²) in [7, 11) is 0. The van der Waals surface area contributed by atoms with Crippen LogP contribution in [-0.4, -0.2) is 64.2 Å². The van der Waals surface area contributed by atoms with Crippen molar-refractivity contribution in [2.24, 2.45) is 0 Å². The number of hydrogen-bond acceptors (Lipinski definition) is 5. The summed E-state index contributed by atoms with van der Waals surface area (Å²) in [5.74, 6) is -0.330. The second kappa shape index (κ2) is 8.75. The van der Waals surface area contributed by atoms with Gasteiger partial charge in [-0.25, -0.2) is 0 Å². The molecule has 0 aliphatic carbocycles. The maximum Gasteiger partial charge on any atom is 0.271 e. The molecule has 1 aliphatic heterocycles. The number of benzene rings is 2. The van der Waals surface area contributed by atoms with Gasteiger partial charge in [-0.1, -0.05) is 29.8 Å². The van der Waals surface area contributed by atoms with E-state index in [0.717, 1.165) is 10.9 Å². The molecular weight excluding hydrogens is 422 g/mol. The number of fused-ring (bicyclic) bond motifs is 1. The maximum absolute atomic E-state index is 12.8. The summed E-state index contributed by atoms with van der Waals surface area (Å²) < 4.78 is 0. The summed E-state index contributed by atoms with van der Waals surface area (Å²) in [6.07, 6.45) is 0. The molecule has 2 heterocycles. The lowest BCUT2D eigenvalue weighted by atomic mass is 10.2. The summed E-state index contributed by atoms with van der Waals surface area (Å²) >= 11 is 6.02. The van der Waals surface area contributed by atoms with Gasteiger partial charge in [0.2, 0.25) is 5.91 Å². The highest BCUT2D eigenvalue weighted by molar-refractivity contribution is 6.34. The van der Waals surface area contributed by atoms with Crippen molar-refractivity contribution in [1.82, 2.24) is 14.8 Å². The van der Waals surface area contributed by atoms with Gasteiger partial charge in [-0.2, -0.15) is 0 Å². The van der Waals surface area contributed by atoms with Crippen LogP contribution in [0.25, 0.3) is 10.9 Å². The Hall–Kier alpha value is -3.43. The molecule has 9 nitrogen and oxygen atoms in total. The van der Waals surface area contributed by atoms with Gasteiger partial charge in [0.05, 0.1) is 22.2 Å². The van der Waals surface area contributed by atoms with E-state index < -0.39 is 4.92 Å². The summed E-state index contributed by atoms with van der Waals surface area (Å²) in [6, 6.07) is 13.5. The number of aromatic amines is 1.